The second-order valence-electron chi connectivity index (χ2n) is 8.42. The minimum atomic E-state index is 0.139. The van der Waals surface area contributed by atoms with Crippen LogP contribution in [0, 0.1) is 5.41 Å². The van der Waals surface area contributed by atoms with Crippen molar-refractivity contribution in [1.82, 2.24) is 20.1 Å². The zero-order valence-electron chi connectivity index (χ0n) is 16.4. The van der Waals surface area contributed by atoms with E-state index in [9.17, 15) is 9.59 Å². The van der Waals surface area contributed by atoms with Gasteiger partial charge in [-0.1, -0.05) is 0 Å². The third kappa shape index (κ3) is 4.52. The Morgan fingerprint density at radius 3 is 2.75 bits per heavy atom. The fourth-order valence-corrected chi connectivity index (χ4v) is 4.68. The van der Waals surface area contributed by atoms with Crippen molar-refractivity contribution >= 4 is 11.8 Å². The molecule has 0 aliphatic carbocycles. The lowest BCUT2D eigenvalue weighted by molar-refractivity contribution is -0.143. The van der Waals surface area contributed by atoms with Gasteiger partial charge in [-0.3, -0.25) is 14.6 Å². The summed E-state index contributed by atoms with van der Waals surface area (Å²) in [5, 5.41) is 3.36. The average Bonchev–Trinajstić information content (AvgIpc) is 2.73. The zero-order chi connectivity index (χ0) is 19.4. The van der Waals surface area contributed by atoms with Gasteiger partial charge in [0.1, 0.15) is 0 Å². The number of piperidine rings is 2. The van der Waals surface area contributed by atoms with Crippen molar-refractivity contribution in [3.8, 4) is 0 Å². The molecule has 1 spiro atoms. The number of amides is 2. The molecule has 1 aromatic rings. The Balaban J connectivity index is 1.31. The zero-order valence-corrected chi connectivity index (χ0v) is 16.4. The SMILES string of the molecule is O=C(C[C@H]1COCCN1)N1CCC2(CCC(=O)N(Cc3ccncc3)C2)CC1. The molecule has 3 saturated heterocycles. The second-order valence-corrected chi connectivity index (χ2v) is 8.42. The number of likely N-dealkylation sites (tertiary alicyclic amines) is 2. The van der Waals surface area contributed by atoms with E-state index in [2.05, 4.69) is 10.3 Å². The maximum atomic E-state index is 12.7. The molecule has 7 nitrogen and oxygen atoms in total. The summed E-state index contributed by atoms with van der Waals surface area (Å²) in [4.78, 5) is 33.2. The quantitative estimate of drug-likeness (QED) is 0.841. The van der Waals surface area contributed by atoms with Gasteiger partial charge < -0.3 is 19.9 Å². The highest BCUT2D eigenvalue weighted by Crippen LogP contribution is 2.40. The lowest BCUT2D eigenvalue weighted by atomic mass is 9.72. The minimum Gasteiger partial charge on any atom is -0.378 e. The van der Waals surface area contributed by atoms with Crippen LogP contribution in [0.15, 0.2) is 24.5 Å². The summed E-state index contributed by atoms with van der Waals surface area (Å²) in [6, 6.07) is 4.08. The van der Waals surface area contributed by atoms with E-state index in [4.69, 9.17) is 4.74 Å². The van der Waals surface area contributed by atoms with Gasteiger partial charge in [-0.25, -0.2) is 0 Å². The largest absolute Gasteiger partial charge is 0.378 e. The molecule has 1 aromatic heterocycles. The third-order valence-corrected chi connectivity index (χ3v) is 6.47. The molecule has 3 fully saturated rings. The number of hydrogen-bond acceptors (Lipinski definition) is 5. The van der Waals surface area contributed by atoms with Gasteiger partial charge in [-0.2, -0.15) is 0 Å². The summed E-state index contributed by atoms with van der Waals surface area (Å²) in [7, 11) is 0. The third-order valence-electron chi connectivity index (χ3n) is 6.47. The van der Waals surface area contributed by atoms with E-state index in [0.29, 0.717) is 26.0 Å². The van der Waals surface area contributed by atoms with Gasteiger partial charge >= 0.3 is 0 Å². The van der Waals surface area contributed by atoms with Gasteiger partial charge in [-0.05, 0) is 42.4 Å². The molecule has 0 saturated carbocycles. The van der Waals surface area contributed by atoms with Crippen LogP contribution in [0.25, 0.3) is 0 Å². The summed E-state index contributed by atoms with van der Waals surface area (Å²) < 4.78 is 5.46. The molecule has 4 rings (SSSR count). The highest BCUT2D eigenvalue weighted by Gasteiger charge is 2.41. The lowest BCUT2D eigenvalue weighted by Gasteiger charge is -2.47. The van der Waals surface area contributed by atoms with Crippen molar-refractivity contribution in [2.45, 2.75) is 44.7 Å². The van der Waals surface area contributed by atoms with Crippen molar-refractivity contribution in [3.63, 3.8) is 0 Å². The molecule has 3 aliphatic rings. The van der Waals surface area contributed by atoms with Gasteiger partial charge in [0.15, 0.2) is 0 Å². The molecular formula is C21H30N4O3. The fourth-order valence-electron chi connectivity index (χ4n) is 4.68. The number of ether oxygens (including phenoxy) is 1. The summed E-state index contributed by atoms with van der Waals surface area (Å²) in [5.41, 5.74) is 1.28. The number of pyridine rings is 1. The second kappa shape index (κ2) is 8.57. The predicted octanol–water partition coefficient (Wildman–Crippen LogP) is 1.19. The Morgan fingerprint density at radius 2 is 2.04 bits per heavy atom. The molecular weight excluding hydrogens is 356 g/mol. The summed E-state index contributed by atoms with van der Waals surface area (Å²) >= 11 is 0. The van der Waals surface area contributed by atoms with Crippen LogP contribution >= 0.6 is 0 Å². The van der Waals surface area contributed by atoms with E-state index < -0.39 is 0 Å². The van der Waals surface area contributed by atoms with E-state index in [1.165, 1.54) is 0 Å². The molecule has 1 N–H and O–H groups in total. The van der Waals surface area contributed by atoms with Crippen LogP contribution in [0.4, 0.5) is 0 Å². The first-order valence-electron chi connectivity index (χ1n) is 10.4. The minimum absolute atomic E-state index is 0.139. The Labute approximate surface area is 166 Å². The topological polar surface area (TPSA) is 74.8 Å². The predicted molar refractivity (Wildman–Crippen MR) is 104 cm³/mol. The number of nitrogens with one attached hydrogen (secondary N) is 1. The van der Waals surface area contributed by atoms with Crippen molar-refractivity contribution in [1.29, 1.82) is 0 Å². The summed E-state index contributed by atoms with van der Waals surface area (Å²) in [6.07, 6.45) is 7.58. The molecule has 0 aromatic carbocycles. The monoisotopic (exact) mass is 386 g/mol. The number of aromatic nitrogens is 1. The highest BCUT2D eigenvalue weighted by atomic mass is 16.5. The van der Waals surface area contributed by atoms with Gasteiger partial charge in [0.2, 0.25) is 11.8 Å². The smallest absolute Gasteiger partial charge is 0.224 e. The number of hydrogen-bond donors (Lipinski definition) is 1. The maximum absolute atomic E-state index is 12.7. The highest BCUT2D eigenvalue weighted by molar-refractivity contribution is 5.78. The Bertz CT molecular complexity index is 682. The van der Waals surface area contributed by atoms with Crippen molar-refractivity contribution < 1.29 is 14.3 Å². The van der Waals surface area contributed by atoms with Crippen molar-refractivity contribution in [2.24, 2.45) is 5.41 Å². The summed E-state index contributed by atoms with van der Waals surface area (Å²) in [6.45, 7) is 5.21. The number of carbonyl (C=O) groups excluding carboxylic acids is 2. The van der Waals surface area contributed by atoms with E-state index in [1.54, 1.807) is 12.4 Å². The first kappa shape index (κ1) is 19.3. The van der Waals surface area contributed by atoms with Gasteiger partial charge in [0, 0.05) is 64.0 Å². The number of morpholine rings is 1. The lowest BCUT2D eigenvalue weighted by Crippen LogP contribution is -2.53. The normalized spacial score (nSPS) is 25.1. The number of carbonyl (C=O) groups is 2. The molecule has 152 valence electrons. The Hall–Kier alpha value is -1.99. The van der Waals surface area contributed by atoms with Crippen LogP contribution in [0.3, 0.4) is 0 Å². The van der Waals surface area contributed by atoms with Crippen molar-refractivity contribution in [3.05, 3.63) is 30.1 Å². The van der Waals surface area contributed by atoms with E-state index in [-0.39, 0.29) is 23.3 Å². The molecule has 0 bridgehead atoms. The van der Waals surface area contributed by atoms with E-state index >= 15 is 0 Å². The van der Waals surface area contributed by atoms with Gasteiger partial charge in [0.25, 0.3) is 0 Å². The van der Waals surface area contributed by atoms with E-state index in [0.717, 1.165) is 57.6 Å². The number of nitrogens with zero attached hydrogens (tertiary/aromatic N) is 3. The summed E-state index contributed by atoms with van der Waals surface area (Å²) in [5.74, 6) is 0.461. The van der Waals surface area contributed by atoms with Crippen LogP contribution in [-0.4, -0.2) is 72.0 Å². The van der Waals surface area contributed by atoms with Crippen LogP contribution in [0.1, 0.15) is 37.7 Å². The molecule has 0 radical (unpaired) electrons. The molecule has 2 amide bonds. The van der Waals surface area contributed by atoms with E-state index in [1.807, 2.05) is 21.9 Å². The average molecular weight is 386 g/mol. The molecule has 0 unspecified atom stereocenters. The van der Waals surface area contributed by atoms with Crippen molar-refractivity contribution in [2.75, 3.05) is 39.4 Å². The maximum Gasteiger partial charge on any atom is 0.224 e. The molecule has 3 aliphatic heterocycles. The number of rotatable bonds is 4. The van der Waals surface area contributed by atoms with Crippen LogP contribution < -0.4 is 5.32 Å². The van der Waals surface area contributed by atoms with Gasteiger partial charge in [-0.15, -0.1) is 0 Å². The Morgan fingerprint density at radius 1 is 1.25 bits per heavy atom. The molecule has 1 atom stereocenters. The van der Waals surface area contributed by atoms with Crippen LogP contribution in [0.5, 0.6) is 0 Å². The fraction of sp³-hybridized carbons (Fsp3) is 0.667. The first-order valence-corrected chi connectivity index (χ1v) is 10.4. The Kier molecular flexibility index (Phi) is 5.92. The molecule has 4 heterocycles. The molecule has 28 heavy (non-hydrogen) atoms. The van der Waals surface area contributed by atoms with Crippen LogP contribution in [0.2, 0.25) is 0 Å². The van der Waals surface area contributed by atoms with Crippen LogP contribution in [-0.2, 0) is 20.9 Å². The van der Waals surface area contributed by atoms with Gasteiger partial charge in [0.05, 0.1) is 13.2 Å². The molecule has 7 heteroatoms. The first-order chi connectivity index (χ1) is 13.6. The standard InChI is InChI=1S/C21H30N4O3/c26-19-1-4-21(16-25(19)14-17-2-7-22-8-3-17)5-10-24(11-6-21)20(27)13-18-15-28-12-9-23-18/h2-3,7-8,18,23H,1,4-6,9-16H2/t18-/m0/s1.